The molecule has 2 aromatic heterocycles. The minimum Gasteiger partial charge on any atom is -0.366 e. The number of alkyl halides is 3. The molecule has 0 bridgehead atoms. The van der Waals surface area contributed by atoms with Crippen molar-refractivity contribution in [2.24, 2.45) is 0 Å². The first-order chi connectivity index (χ1) is 10.4. The molecule has 1 N–H and O–H groups in total. The molecule has 0 aliphatic carbocycles. The fourth-order valence-electron chi connectivity index (χ4n) is 2.30. The summed E-state index contributed by atoms with van der Waals surface area (Å²) < 4.78 is 40.5. The largest absolute Gasteiger partial charge is 0.416 e. The molecular formula is C15H13F3N4. The standard InChI is InChI=1S/C15H13F3N4/c1-10-8-14(22-13(21-10)6-7-20-22)19-9-11-4-2-3-5-12(11)15(16,17)18/h2-8,19H,9H2,1H3. The lowest BCUT2D eigenvalue weighted by molar-refractivity contribution is -0.138. The van der Waals surface area contributed by atoms with Crippen LogP contribution in [0.5, 0.6) is 0 Å². The first-order valence-electron chi connectivity index (χ1n) is 6.65. The van der Waals surface area contributed by atoms with Crippen molar-refractivity contribution in [2.45, 2.75) is 19.6 Å². The number of aromatic nitrogens is 3. The molecule has 7 heteroatoms. The predicted octanol–water partition coefficient (Wildman–Crippen LogP) is 3.67. The Bertz CT molecular complexity index is 808. The van der Waals surface area contributed by atoms with E-state index >= 15 is 0 Å². The summed E-state index contributed by atoms with van der Waals surface area (Å²) in [6.07, 6.45) is -2.77. The summed E-state index contributed by atoms with van der Waals surface area (Å²) in [6.45, 7) is 1.87. The molecule has 0 aliphatic rings. The van der Waals surface area contributed by atoms with Gasteiger partial charge in [-0.1, -0.05) is 18.2 Å². The van der Waals surface area contributed by atoms with Gasteiger partial charge in [0.2, 0.25) is 0 Å². The average Bonchev–Trinajstić information content (AvgIpc) is 2.92. The fraction of sp³-hybridized carbons (Fsp3) is 0.200. The molecule has 22 heavy (non-hydrogen) atoms. The van der Waals surface area contributed by atoms with Gasteiger partial charge < -0.3 is 5.32 Å². The molecule has 0 spiro atoms. The van der Waals surface area contributed by atoms with Crippen molar-refractivity contribution in [3.8, 4) is 0 Å². The van der Waals surface area contributed by atoms with Crippen LogP contribution in [0.2, 0.25) is 0 Å². The number of nitrogens with one attached hydrogen (secondary N) is 1. The van der Waals surface area contributed by atoms with Crippen molar-refractivity contribution in [3.63, 3.8) is 0 Å². The van der Waals surface area contributed by atoms with Crippen molar-refractivity contribution in [3.05, 3.63) is 59.4 Å². The zero-order valence-electron chi connectivity index (χ0n) is 11.7. The Morgan fingerprint density at radius 1 is 1.18 bits per heavy atom. The van der Waals surface area contributed by atoms with Crippen LogP contribution in [0.25, 0.3) is 5.65 Å². The van der Waals surface area contributed by atoms with E-state index in [2.05, 4.69) is 15.4 Å². The Hall–Kier alpha value is -2.57. The van der Waals surface area contributed by atoms with Crippen LogP contribution in [0, 0.1) is 6.92 Å². The van der Waals surface area contributed by atoms with Gasteiger partial charge in [-0.3, -0.25) is 0 Å². The molecule has 2 heterocycles. The van der Waals surface area contributed by atoms with Crippen molar-refractivity contribution in [1.29, 1.82) is 0 Å². The Morgan fingerprint density at radius 3 is 2.73 bits per heavy atom. The third-order valence-corrected chi connectivity index (χ3v) is 3.27. The molecule has 114 valence electrons. The molecular weight excluding hydrogens is 293 g/mol. The van der Waals surface area contributed by atoms with Gasteiger partial charge in [-0.25, -0.2) is 4.98 Å². The lowest BCUT2D eigenvalue weighted by Gasteiger charge is -2.14. The molecule has 0 amide bonds. The summed E-state index contributed by atoms with van der Waals surface area (Å²) >= 11 is 0. The molecule has 0 saturated heterocycles. The highest BCUT2D eigenvalue weighted by Crippen LogP contribution is 2.32. The number of hydrogen-bond acceptors (Lipinski definition) is 3. The minimum absolute atomic E-state index is 0.0497. The van der Waals surface area contributed by atoms with Crippen LogP contribution in [0.3, 0.4) is 0 Å². The van der Waals surface area contributed by atoms with Gasteiger partial charge in [-0.2, -0.15) is 22.8 Å². The van der Waals surface area contributed by atoms with Crippen LogP contribution in [-0.2, 0) is 12.7 Å². The van der Waals surface area contributed by atoms with Crippen LogP contribution in [0.4, 0.5) is 19.0 Å². The number of hydrogen-bond donors (Lipinski definition) is 1. The first-order valence-corrected chi connectivity index (χ1v) is 6.65. The van der Waals surface area contributed by atoms with Gasteiger partial charge in [0.1, 0.15) is 5.82 Å². The second-order valence-corrected chi connectivity index (χ2v) is 4.89. The van der Waals surface area contributed by atoms with Crippen LogP contribution < -0.4 is 5.32 Å². The maximum Gasteiger partial charge on any atom is 0.416 e. The number of halogens is 3. The van der Waals surface area contributed by atoms with Crippen LogP contribution in [0.1, 0.15) is 16.8 Å². The molecule has 3 aromatic rings. The Morgan fingerprint density at radius 2 is 1.95 bits per heavy atom. The predicted molar refractivity (Wildman–Crippen MR) is 76.5 cm³/mol. The topological polar surface area (TPSA) is 42.2 Å². The smallest absolute Gasteiger partial charge is 0.366 e. The second-order valence-electron chi connectivity index (χ2n) is 4.89. The SMILES string of the molecule is Cc1cc(NCc2ccccc2C(F)(F)F)n2nccc2n1. The van der Waals surface area contributed by atoms with Gasteiger partial charge in [0.05, 0.1) is 11.8 Å². The van der Waals surface area contributed by atoms with Crippen molar-refractivity contribution in [2.75, 3.05) is 5.32 Å². The van der Waals surface area contributed by atoms with Crippen molar-refractivity contribution < 1.29 is 13.2 Å². The summed E-state index contributed by atoms with van der Waals surface area (Å²) in [5, 5.41) is 7.12. The summed E-state index contributed by atoms with van der Waals surface area (Å²) in [5.41, 5.74) is 0.959. The third-order valence-electron chi connectivity index (χ3n) is 3.27. The zero-order valence-corrected chi connectivity index (χ0v) is 11.7. The number of anilines is 1. The highest BCUT2D eigenvalue weighted by Gasteiger charge is 2.32. The summed E-state index contributed by atoms with van der Waals surface area (Å²) in [7, 11) is 0. The summed E-state index contributed by atoms with van der Waals surface area (Å²) in [5.74, 6) is 0.601. The van der Waals surface area contributed by atoms with Gasteiger partial charge in [-0.05, 0) is 18.6 Å². The van der Waals surface area contributed by atoms with Gasteiger partial charge in [-0.15, -0.1) is 0 Å². The monoisotopic (exact) mass is 306 g/mol. The molecule has 0 atom stereocenters. The van der Waals surface area contributed by atoms with E-state index in [0.29, 0.717) is 11.5 Å². The maximum absolute atomic E-state index is 13.0. The van der Waals surface area contributed by atoms with Gasteiger partial charge >= 0.3 is 6.18 Å². The van der Waals surface area contributed by atoms with E-state index in [1.807, 2.05) is 6.92 Å². The highest BCUT2D eigenvalue weighted by molar-refractivity contribution is 5.49. The van der Waals surface area contributed by atoms with Crippen LogP contribution in [0.15, 0.2) is 42.6 Å². The molecule has 1 aromatic carbocycles. The normalized spacial score (nSPS) is 11.8. The van der Waals surface area contributed by atoms with E-state index < -0.39 is 11.7 Å². The number of rotatable bonds is 3. The van der Waals surface area contributed by atoms with Crippen molar-refractivity contribution in [1.82, 2.24) is 14.6 Å². The third kappa shape index (κ3) is 2.74. The minimum atomic E-state index is -4.37. The summed E-state index contributed by atoms with van der Waals surface area (Å²) in [4.78, 5) is 4.29. The molecule has 0 radical (unpaired) electrons. The fourth-order valence-corrected chi connectivity index (χ4v) is 2.30. The molecule has 3 rings (SSSR count). The Labute approximate surface area is 124 Å². The first kappa shape index (κ1) is 14.4. The zero-order chi connectivity index (χ0) is 15.7. The molecule has 0 fully saturated rings. The number of aryl methyl sites for hydroxylation is 1. The lowest BCUT2D eigenvalue weighted by atomic mass is 10.1. The van der Waals surface area contributed by atoms with Crippen LogP contribution >= 0.6 is 0 Å². The second kappa shape index (κ2) is 5.32. The van der Waals surface area contributed by atoms with E-state index in [9.17, 15) is 13.2 Å². The quantitative estimate of drug-likeness (QED) is 0.803. The van der Waals surface area contributed by atoms with E-state index in [-0.39, 0.29) is 12.1 Å². The molecule has 0 unspecified atom stereocenters. The van der Waals surface area contributed by atoms with E-state index in [4.69, 9.17) is 0 Å². The molecule has 0 saturated carbocycles. The number of nitrogens with zero attached hydrogens (tertiary/aromatic N) is 3. The van der Waals surface area contributed by atoms with Gasteiger partial charge in [0, 0.05) is 24.4 Å². The molecule has 4 nitrogen and oxygen atoms in total. The summed E-state index contributed by atoms with van der Waals surface area (Å²) in [6, 6.07) is 9.00. The maximum atomic E-state index is 13.0. The Kier molecular flexibility index (Phi) is 3.48. The van der Waals surface area contributed by atoms with Gasteiger partial charge in [0.25, 0.3) is 0 Å². The average molecular weight is 306 g/mol. The Balaban J connectivity index is 1.91. The van der Waals surface area contributed by atoms with Gasteiger partial charge in [0.15, 0.2) is 5.65 Å². The molecule has 0 aliphatic heterocycles. The van der Waals surface area contributed by atoms with E-state index in [0.717, 1.165) is 11.8 Å². The number of fused-ring (bicyclic) bond motifs is 1. The van der Waals surface area contributed by atoms with Crippen LogP contribution in [-0.4, -0.2) is 14.6 Å². The van der Waals surface area contributed by atoms with E-state index in [1.165, 1.54) is 12.1 Å². The number of benzene rings is 1. The highest BCUT2D eigenvalue weighted by atomic mass is 19.4. The van der Waals surface area contributed by atoms with Crippen molar-refractivity contribution >= 4 is 11.5 Å². The van der Waals surface area contributed by atoms with E-state index in [1.54, 1.807) is 28.9 Å². The lowest BCUT2D eigenvalue weighted by Crippen LogP contribution is -2.13.